The molecule has 0 spiro atoms. The number of benzene rings is 2. The van der Waals surface area contributed by atoms with Gasteiger partial charge >= 0.3 is 0 Å². The number of piperidine rings is 1. The first-order valence-electron chi connectivity index (χ1n) is 10.2. The molecule has 0 aromatic heterocycles. The first-order chi connectivity index (χ1) is 15.1. The minimum Gasteiger partial charge on any atom is -0.354 e. The van der Waals surface area contributed by atoms with Crippen LogP contribution in [0.5, 0.6) is 0 Å². The van der Waals surface area contributed by atoms with E-state index in [-0.39, 0.29) is 46.7 Å². The minimum absolute atomic E-state index is 0.0734. The summed E-state index contributed by atoms with van der Waals surface area (Å²) in [6.45, 7) is 0.661. The predicted octanol–water partition coefficient (Wildman–Crippen LogP) is 3.44. The maximum absolute atomic E-state index is 13.6. The van der Waals surface area contributed by atoms with Gasteiger partial charge in [-0.2, -0.15) is 4.31 Å². The normalized spacial score (nSPS) is 16.8. The third-order valence-electron chi connectivity index (χ3n) is 5.68. The summed E-state index contributed by atoms with van der Waals surface area (Å²) in [7, 11) is -0.111. The molecule has 0 radical (unpaired) electrons. The number of amides is 1. The number of hydrogen-bond donors (Lipinski definition) is 1. The van der Waals surface area contributed by atoms with E-state index in [1.807, 2.05) is 25.1 Å². The van der Waals surface area contributed by atoms with Crippen LogP contribution in [0.25, 0.3) is 0 Å². The molecule has 1 saturated heterocycles. The fraction of sp³-hybridized carbons (Fsp3) is 0.409. The quantitative estimate of drug-likeness (QED) is 0.652. The maximum Gasteiger partial charge on any atom is 0.243 e. The Bertz CT molecular complexity index is 1070. The summed E-state index contributed by atoms with van der Waals surface area (Å²) in [4.78, 5) is 14.5. The zero-order chi connectivity index (χ0) is 23.5. The van der Waals surface area contributed by atoms with Gasteiger partial charge in [-0.05, 0) is 62.8 Å². The SMILES string of the molecule is CN(C)C(CNC(=O)C1CCN(S(=O)(=O)c2ccc(F)c(Cl)c2)CC1)c1cccc(F)c1. The van der Waals surface area contributed by atoms with Crippen molar-refractivity contribution in [3.05, 3.63) is 64.7 Å². The molecule has 174 valence electrons. The topological polar surface area (TPSA) is 69.7 Å². The van der Waals surface area contributed by atoms with E-state index in [1.165, 1.54) is 22.5 Å². The third-order valence-corrected chi connectivity index (χ3v) is 7.86. The van der Waals surface area contributed by atoms with Crippen LogP contribution < -0.4 is 5.32 Å². The van der Waals surface area contributed by atoms with E-state index in [9.17, 15) is 22.0 Å². The van der Waals surface area contributed by atoms with E-state index in [0.717, 1.165) is 17.7 Å². The Morgan fingerprint density at radius 2 is 1.88 bits per heavy atom. The highest BCUT2D eigenvalue weighted by Gasteiger charge is 2.32. The number of carbonyl (C=O) groups is 1. The summed E-state index contributed by atoms with van der Waals surface area (Å²) < 4.78 is 53.9. The molecule has 2 aromatic rings. The molecular formula is C22H26ClF2N3O3S. The third kappa shape index (κ3) is 5.64. The number of rotatable bonds is 7. The van der Waals surface area contributed by atoms with Crippen molar-refractivity contribution in [2.24, 2.45) is 5.92 Å². The highest BCUT2D eigenvalue weighted by molar-refractivity contribution is 7.89. The van der Waals surface area contributed by atoms with Crippen molar-refractivity contribution in [2.75, 3.05) is 33.7 Å². The lowest BCUT2D eigenvalue weighted by Crippen LogP contribution is -2.44. The lowest BCUT2D eigenvalue weighted by Gasteiger charge is -2.31. The molecule has 32 heavy (non-hydrogen) atoms. The van der Waals surface area contributed by atoms with Crippen LogP contribution in [0.15, 0.2) is 47.4 Å². The molecule has 1 atom stereocenters. The molecule has 1 aliphatic heterocycles. The Balaban J connectivity index is 1.58. The first-order valence-corrected chi connectivity index (χ1v) is 12.1. The zero-order valence-electron chi connectivity index (χ0n) is 17.9. The van der Waals surface area contributed by atoms with Gasteiger partial charge in [-0.25, -0.2) is 17.2 Å². The van der Waals surface area contributed by atoms with Crippen LogP contribution in [0, 0.1) is 17.6 Å². The molecule has 1 fully saturated rings. The highest BCUT2D eigenvalue weighted by Crippen LogP contribution is 2.27. The molecule has 2 aromatic carbocycles. The number of carbonyl (C=O) groups excluding carboxylic acids is 1. The van der Waals surface area contributed by atoms with Gasteiger partial charge in [-0.3, -0.25) is 4.79 Å². The van der Waals surface area contributed by atoms with Gasteiger partial charge in [0.2, 0.25) is 15.9 Å². The summed E-state index contributed by atoms with van der Waals surface area (Å²) >= 11 is 5.72. The largest absolute Gasteiger partial charge is 0.354 e. The number of halogens is 3. The van der Waals surface area contributed by atoms with Gasteiger partial charge in [0.15, 0.2) is 0 Å². The van der Waals surface area contributed by atoms with Gasteiger partial charge in [0.1, 0.15) is 11.6 Å². The van der Waals surface area contributed by atoms with Crippen molar-refractivity contribution in [1.82, 2.24) is 14.5 Å². The molecule has 0 bridgehead atoms. The smallest absolute Gasteiger partial charge is 0.243 e. The predicted molar refractivity (Wildman–Crippen MR) is 119 cm³/mol. The lowest BCUT2D eigenvalue weighted by molar-refractivity contribution is -0.126. The molecule has 6 nitrogen and oxygen atoms in total. The maximum atomic E-state index is 13.6. The van der Waals surface area contributed by atoms with E-state index in [1.54, 1.807) is 6.07 Å². The van der Waals surface area contributed by atoms with Gasteiger partial charge in [-0.15, -0.1) is 0 Å². The first kappa shape index (κ1) is 24.6. The summed E-state index contributed by atoms with van der Waals surface area (Å²) in [5, 5.41) is 2.67. The molecule has 10 heteroatoms. The summed E-state index contributed by atoms with van der Waals surface area (Å²) in [6.07, 6.45) is 0.735. The molecular weight excluding hydrogens is 460 g/mol. The van der Waals surface area contributed by atoms with Gasteiger partial charge in [0, 0.05) is 25.6 Å². The van der Waals surface area contributed by atoms with Crippen molar-refractivity contribution in [1.29, 1.82) is 0 Å². The standard InChI is InChI=1S/C22H26ClF2N3O3S/c1-27(2)21(16-4-3-5-17(24)12-16)14-26-22(29)15-8-10-28(11-9-15)32(30,31)18-6-7-20(25)19(23)13-18/h3-7,12-13,15,21H,8-11,14H2,1-2H3,(H,26,29). The fourth-order valence-corrected chi connectivity index (χ4v) is 5.54. The van der Waals surface area contributed by atoms with Crippen LogP contribution in [0.2, 0.25) is 5.02 Å². The number of likely N-dealkylation sites (N-methyl/N-ethyl adjacent to an activating group) is 1. The monoisotopic (exact) mass is 485 g/mol. The summed E-state index contributed by atoms with van der Waals surface area (Å²) in [5.41, 5.74) is 0.758. The van der Waals surface area contributed by atoms with Crippen molar-refractivity contribution in [2.45, 2.75) is 23.8 Å². The van der Waals surface area contributed by atoms with Crippen LogP contribution in [-0.4, -0.2) is 57.3 Å². The van der Waals surface area contributed by atoms with Gasteiger partial charge in [-0.1, -0.05) is 23.7 Å². The van der Waals surface area contributed by atoms with E-state index in [4.69, 9.17) is 11.6 Å². The summed E-state index contributed by atoms with van der Waals surface area (Å²) in [5.74, 6) is -1.50. The van der Waals surface area contributed by atoms with Crippen molar-refractivity contribution in [3.63, 3.8) is 0 Å². The van der Waals surface area contributed by atoms with Gasteiger partial charge in [0.25, 0.3) is 0 Å². The number of sulfonamides is 1. The Morgan fingerprint density at radius 3 is 2.47 bits per heavy atom. The Kier molecular flexibility index (Phi) is 7.87. The lowest BCUT2D eigenvalue weighted by atomic mass is 9.97. The molecule has 1 N–H and O–H groups in total. The second-order valence-corrected chi connectivity index (χ2v) is 10.4. The number of hydrogen-bond acceptors (Lipinski definition) is 4. The highest BCUT2D eigenvalue weighted by atomic mass is 35.5. The van der Waals surface area contributed by atoms with Gasteiger partial charge < -0.3 is 10.2 Å². The van der Waals surface area contributed by atoms with Crippen LogP contribution in [0.3, 0.4) is 0 Å². The average Bonchev–Trinajstić information content (AvgIpc) is 2.75. The second kappa shape index (κ2) is 10.2. The Labute approximate surface area is 192 Å². The van der Waals surface area contributed by atoms with E-state index < -0.39 is 15.8 Å². The van der Waals surface area contributed by atoms with E-state index in [0.29, 0.717) is 19.4 Å². The molecule has 3 rings (SSSR count). The van der Waals surface area contributed by atoms with Crippen LogP contribution >= 0.6 is 11.6 Å². The molecule has 0 saturated carbocycles. The van der Waals surface area contributed by atoms with Crippen molar-refractivity contribution in [3.8, 4) is 0 Å². The molecule has 1 heterocycles. The number of nitrogens with one attached hydrogen (secondary N) is 1. The molecule has 1 unspecified atom stereocenters. The Morgan fingerprint density at radius 1 is 1.19 bits per heavy atom. The van der Waals surface area contributed by atoms with Crippen molar-refractivity contribution < 1.29 is 22.0 Å². The minimum atomic E-state index is -3.82. The molecule has 0 aliphatic carbocycles. The summed E-state index contributed by atoms with van der Waals surface area (Å²) in [6, 6.07) is 9.37. The Hall–Kier alpha value is -2.07. The van der Waals surface area contributed by atoms with Crippen LogP contribution in [0.1, 0.15) is 24.4 Å². The average molecular weight is 486 g/mol. The number of nitrogens with zero attached hydrogens (tertiary/aromatic N) is 2. The van der Waals surface area contributed by atoms with E-state index in [2.05, 4.69) is 5.32 Å². The fourth-order valence-electron chi connectivity index (χ4n) is 3.80. The van der Waals surface area contributed by atoms with Gasteiger partial charge in [0.05, 0.1) is 16.0 Å². The van der Waals surface area contributed by atoms with E-state index >= 15 is 0 Å². The van der Waals surface area contributed by atoms with Crippen LogP contribution in [0.4, 0.5) is 8.78 Å². The zero-order valence-corrected chi connectivity index (χ0v) is 19.5. The van der Waals surface area contributed by atoms with Crippen LogP contribution in [-0.2, 0) is 14.8 Å². The molecule has 1 aliphatic rings. The molecule has 1 amide bonds. The van der Waals surface area contributed by atoms with Crippen molar-refractivity contribution >= 4 is 27.5 Å². The second-order valence-electron chi connectivity index (χ2n) is 8.03.